The van der Waals surface area contributed by atoms with Crippen molar-refractivity contribution in [3.05, 3.63) is 42.5 Å². The average molecular weight is 285 g/mol. The third kappa shape index (κ3) is 2.86. The number of hydrogen-bond donors (Lipinski definition) is 1. The molecule has 0 aliphatic carbocycles. The largest absolute Gasteiger partial charge is 0.497 e. The van der Waals surface area contributed by atoms with Crippen LogP contribution in [-0.4, -0.2) is 19.9 Å². The van der Waals surface area contributed by atoms with Crippen molar-refractivity contribution in [2.75, 3.05) is 0 Å². The Balaban J connectivity index is 0.00000256. The zero-order chi connectivity index (χ0) is 12.5. The van der Waals surface area contributed by atoms with E-state index in [1.165, 1.54) is 0 Å². The van der Waals surface area contributed by atoms with Gasteiger partial charge in [-0.05, 0) is 0 Å². The van der Waals surface area contributed by atoms with Gasteiger partial charge in [-0.3, -0.25) is 30.3 Å². The summed E-state index contributed by atoms with van der Waals surface area (Å²) in [7, 11) is 0. The van der Waals surface area contributed by atoms with Crippen LogP contribution in [0.15, 0.2) is 12.1 Å². The topological polar surface area (TPSA) is 150 Å². The van der Waals surface area contributed by atoms with Gasteiger partial charge in [0.2, 0.25) is 0 Å². The summed E-state index contributed by atoms with van der Waals surface area (Å²) in [6.07, 6.45) is 0. The molecular weight excluding hydrogens is 282 g/mol. The van der Waals surface area contributed by atoms with Gasteiger partial charge in [-0.25, -0.2) is 0 Å². The van der Waals surface area contributed by atoms with E-state index in [4.69, 9.17) is 5.11 Å². The Morgan fingerprint density at radius 2 is 1.24 bits per heavy atom. The maximum Gasteiger partial charge on any atom is 0.324 e. The minimum Gasteiger partial charge on any atom is -0.497 e. The fourth-order valence-electron chi connectivity index (χ4n) is 0.974. The number of benzene rings is 1. The molecule has 1 N–H and O–H groups in total. The molecule has 0 heterocycles. The van der Waals surface area contributed by atoms with Gasteiger partial charge in [0.15, 0.2) is 0 Å². The third-order valence-corrected chi connectivity index (χ3v) is 1.66. The van der Waals surface area contributed by atoms with Crippen molar-refractivity contribution >= 4 is 17.1 Å². The first-order valence-electron chi connectivity index (χ1n) is 3.64. The van der Waals surface area contributed by atoms with Crippen LogP contribution < -0.4 is 0 Å². The molecule has 0 unspecified atom stereocenters. The molecule has 0 aromatic heterocycles. The van der Waals surface area contributed by atoms with Crippen LogP contribution in [0.5, 0.6) is 5.75 Å². The Hall–Kier alpha value is -2.26. The predicted molar refractivity (Wildman–Crippen MR) is 48.1 cm³/mol. The van der Waals surface area contributed by atoms with Crippen LogP contribution in [0, 0.1) is 30.3 Å². The van der Waals surface area contributed by atoms with E-state index in [1.54, 1.807) is 0 Å². The molecule has 1 rings (SSSR count). The molecule has 10 nitrogen and oxygen atoms in total. The second-order valence-corrected chi connectivity index (χ2v) is 2.60. The molecule has 1 aromatic rings. The first kappa shape index (κ1) is 14.7. The molecule has 0 aliphatic heterocycles. The number of nitro groups is 3. The molecule has 0 spiro atoms. The molecule has 0 bridgehead atoms. The van der Waals surface area contributed by atoms with E-state index in [1.807, 2.05) is 0 Å². The van der Waals surface area contributed by atoms with E-state index in [0.29, 0.717) is 12.1 Å². The summed E-state index contributed by atoms with van der Waals surface area (Å²) in [4.78, 5) is 27.8. The monoisotopic (exact) mass is 285 g/mol. The molecule has 0 aliphatic rings. The summed E-state index contributed by atoms with van der Waals surface area (Å²) in [6.45, 7) is 0. The smallest absolute Gasteiger partial charge is 0.324 e. The van der Waals surface area contributed by atoms with Crippen molar-refractivity contribution in [2.24, 2.45) is 0 Å². The Kier molecular flexibility index (Phi) is 4.49. The molecule has 92 valence electrons. The first-order valence-corrected chi connectivity index (χ1v) is 3.64. The van der Waals surface area contributed by atoms with E-state index < -0.39 is 37.6 Å². The van der Waals surface area contributed by atoms with E-state index in [2.05, 4.69) is 0 Å². The van der Waals surface area contributed by atoms with E-state index >= 15 is 0 Å². The molecule has 0 fully saturated rings. The van der Waals surface area contributed by atoms with Gasteiger partial charge in [0.05, 0.1) is 26.9 Å². The summed E-state index contributed by atoms with van der Waals surface area (Å²) in [5.74, 6) is -1.21. The second-order valence-electron chi connectivity index (χ2n) is 2.60. The molecule has 1 aromatic carbocycles. The van der Waals surface area contributed by atoms with Crippen molar-refractivity contribution < 1.29 is 36.9 Å². The summed E-state index contributed by atoms with van der Waals surface area (Å²) >= 11 is 0. The zero-order valence-electron chi connectivity index (χ0n) is 7.75. The van der Waals surface area contributed by atoms with Crippen molar-refractivity contribution in [1.29, 1.82) is 0 Å². The minimum atomic E-state index is -1.21. The summed E-state index contributed by atoms with van der Waals surface area (Å²) < 4.78 is 0. The van der Waals surface area contributed by atoms with Crippen molar-refractivity contribution in [3.8, 4) is 5.75 Å². The molecule has 0 amide bonds. The van der Waals surface area contributed by atoms with Crippen molar-refractivity contribution in [2.45, 2.75) is 0 Å². The van der Waals surface area contributed by atoms with Gasteiger partial charge in [-0.2, -0.15) is 0 Å². The van der Waals surface area contributed by atoms with Gasteiger partial charge >= 0.3 is 11.4 Å². The Morgan fingerprint density at radius 3 is 1.47 bits per heavy atom. The molecule has 0 atom stereocenters. The Morgan fingerprint density at radius 1 is 0.882 bits per heavy atom. The molecular formula is C6H3FeN3O7. The van der Waals surface area contributed by atoms with Crippen LogP contribution in [0.25, 0.3) is 0 Å². The number of aromatic hydroxyl groups is 1. The predicted octanol–water partition coefficient (Wildman–Crippen LogP) is 1.11. The van der Waals surface area contributed by atoms with Gasteiger partial charge in [0, 0.05) is 17.1 Å². The quantitative estimate of drug-likeness (QED) is 0.496. The normalized spacial score (nSPS) is 9.18. The molecule has 11 heteroatoms. The maximum absolute atomic E-state index is 10.4. The number of hydrogen-bond acceptors (Lipinski definition) is 7. The number of phenols is 1. The number of nitro benzene ring substituents is 3. The fourth-order valence-corrected chi connectivity index (χ4v) is 0.974. The van der Waals surface area contributed by atoms with Crippen molar-refractivity contribution in [1.82, 2.24) is 0 Å². The number of phenolic OH excluding ortho intramolecular Hbond substituents is 1. The SMILES string of the molecule is O=[N+]([O-])c1cc([N+](=O)[O-])c(O)c([N+](=O)[O-])c1.[Fe]. The van der Waals surface area contributed by atoms with E-state index in [0.717, 1.165) is 0 Å². The number of nitrogens with zero attached hydrogens (tertiary/aromatic N) is 3. The van der Waals surface area contributed by atoms with E-state index in [-0.39, 0.29) is 17.1 Å². The van der Waals surface area contributed by atoms with Gasteiger partial charge < -0.3 is 5.11 Å². The van der Waals surface area contributed by atoms with Crippen LogP contribution in [0.3, 0.4) is 0 Å². The van der Waals surface area contributed by atoms with Gasteiger partial charge in [-0.15, -0.1) is 0 Å². The average Bonchev–Trinajstić information content (AvgIpc) is 2.16. The summed E-state index contributed by atoms with van der Waals surface area (Å²) in [6, 6.07) is 0.894. The molecule has 0 saturated carbocycles. The van der Waals surface area contributed by atoms with Crippen LogP contribution in [-0.2, 0) is 17.1 Å². The Bertz CT molecular complexity index is 467. The van der Waals surface area contributed by atoms with Crippen LogP contribution in [0.4, 0.5) is 17.1 Å². The van der Waals surface area contributed by atoms with Crippen LogP contribution >= 0.6 is 0 Å². The van der Waals surface area contributed by atoms with Gasteiger partial charge in [0.1, 0.15) is 0 Å². The number of rotatable bonds is 3. The third-order valence-electron chi connectivity index (χ3n) is 1.66. The maximum atomic E-state index is 10.4. The molecule has 0 saturated heterocycles. The summed E-state index contributed by atoms with van der Waals surface area (Å²) in [5.41, 5.74) is -3.00. The van der Waals surface area contributed by atoms with Crippen molar-refractivity contribution in [3.63, 3.8) is 0 Å². The fraction of sp³-hybridized carbons (Fsp3) is 0. The van der Waals surface area contributed by atoms with E-state index in [9.17, 15) is 30.3 Å². The van der Waals surface area contributed by atoms with Gasteiger partial charge in [0.25, 0.3) is 11.4 Å². The van der Waals surface area contributed by atoms with Crippen LogP contribution in [0.2, 0.25) is 0 Å². The molecule has 0 radical (unpaired) electrons. The Labute approximate surface area is 103 Å². The van der Waals surface area contributed by atoms with Gasteiger partial charge in [-0.1, -0.05) is 0 Å². The molecule has 17 heavy (non-hydrogen) atoms. The standard InChI is InChI=1S/C6H3N3O7.Fe/c10-6-4(8(13)14)1-3(7(11)12)2-5(6)9(15)16;/h1-2,10H;. The van der Waals surface area contributed by atoms with Crippen LogP contribution in [0.1, 0.15) is 0 Å². The first-order chi connectivity index (χ1) is 7.34. The summed E-state index contributed by atoms with van der Waals surface area (Å²) in [5, 5.41) is 40.2. The second kappa shape index (κ2) is 5.18. The number of non-ortho nitro benzene ring substituents is 1. The minimum absolute atomic E-state index is 0. The zero-order valence-corrected chi connectivity index (χ0v) is 8.85.